The molecule has 0 unspecified atom stereocenters. The van der Waals surface area contributed by atoms with Crippen molar-refractivity contribution >= 4 is 17.0 Å². The molecule has 0 saturated heterocycles. The van der Waals surface area contributed by atoms with Crippen molar-refractivity contribution in [2.24, 2.45) is 5.73 Å². The summed E-state index contributed by atoms with van der Waals surface area (Å²) in [6, 6.07) is 22.3. The van der Waals surface area contributed by atoms with Crippen LogP contribution >= 0.6 is 0 Å². The van der Waals surface area contributed by atoms with E-state index in [0.29, 0.717) is 46.2 Å². The molecule has 0 fully saturated rings. The van der Waals surface area contributed by atoms with E-state index in [1.165, 1.54) is 0 Å². The van der Waals surface area contributed by atoms with Gasteiger partial charge in [-0.05, 0) is 48.0 Å². The monoisotopic (exact) mass is 438 g/mol. The molecule has 5 aromatic rings. The molecule has 0 spiro atoms. The van der Waals surface area contributed by atoms with Gasteiger partial charge in [-0.15, -0.1) is 0 Å². The van der Waals surface area contributed by atoms with E-state index in [1.54, 1.807) is 24.4 Å². The molecule has 33 heavy (non-hydrogen) atoms. The van der Waals surface area contributed by atoms with Gasteiger partial charge in [-0.2, -0.15) is 0 Å². The largest absolute Gasteiger partial charge is 0.383 e. The van der Waals surface area contributed by atoms with Crippen LogP contribution in [0.4, 0.5) is 5.82 Å². The van der Waals surface area contributed by atoms with Crippen LogP contribution in [0.15, 0.2) is 79.0 Å². The minimum absolute atomic E-state index is 0.373. The number of nitrogens with zero attached hydrogens (tertiary/aromatic N) is 4. The van der Waals surface area contributed by atoms with Gasteiger partial charge in [0.2, 0.25) is 0 Å². The van der Waals surface area contributed by atoms with Gasteiger partial charge in [0.25, 0.3) is 0 Å². The average molecular weight is 438 g/mol. The Hall–Kier alpha value is -4.11. The third-order valence-electron chi connectivity index (χ3n) is 5.49. The summed E-state index contributed by atoms with van der Waals surface area (Å²) in [6.07, 6.45) is 0.0845. The number of fused-ring (bicyclic) bond motifs is 1. The lowest BCUT2D eigenvalue weighted by molar-refractivity contribution is -0.0424. The van der Waals surface area contributed by atoms with Crippen molar-refractivity contribution < 1.29 is 10.2 Å². The number of hydrogen-bond donors (Lipinski definition) is 4. The predicted octanol–water partition coefficient (Wildman–Crippen LogP) is 3.17. The Balaban J connectivity index is 1.75. The predicted molar refractivity (Wildman–Crippen MR) is 127 cm³/mol. The third-order valence-corrected chi connectivity index (χ3v) is 5.49. The number of pyridine rings is 2. The number of imidazole rings is 1. The van der Waals surface area contributed by atoms with Gasteiger partial charge in [-0.25, -0.2) is 15.0 Å². The van der Waals surface area contributed by atoms with Crippen LogP contribution in [0.1, 0.15) is 17.4 Å². The fourth-order valence-corrected chi connectivity index (χ4v) is 3.79. The second-order valence-corrected chi connectivity index (χ2v) is 7.62. The molecule has 8 nitrogen and oxygen atoms in total. The highest BCUT2D eigenvalue weighted by Crippen LogP contribution is 2.32. The Morgan fingerprint density at radius 3 is 2.45 bits per heavy atom. The number of nitrogen functional groups attached to an aromatic ring is 1. The molecule has 0 atom stereocenters. The number of hydrogen-bond acceptors (Lipinski definition) is 7. The first-order valence-corrected chi connectivity index (χ1v) is 10.4. The molecule has 0 radical (unpaired) electrons. The summed E-state index contributed by atoms with van der Waals surface area (Å²) >= 11 is 0. The first-order valence-electron chi connectivity index (χ1n) is 10.4. The Bertz CT molecular complexity index is 1440. The summed E-state index contributed by atoms with van der Waals surface area (Å²) in [5, 5.41) is 19.1. The fourth-order valence-electron chi connectivity index (χ4n) is 3.79. The van der Waals surface area contributed by atoms with Crippen molar-refractivity contribution in [3.63, 3.8) is 0 Å². The van der Waals surface area contributed by atoms with Crippen molar-refractivity contribution in [1.29, 1.82) is 0 Å². The maximum absolute atomic E-state index is 9.55. The number of aliphatic hydroxyl groups excluding tert-OH is 1. The Labute approximate surface area is 189 Å². The zero-order chi connectivity index (χ0) is 22.9. The molecule has 0 aliphatic rings. The van der Waals surface area contributed by atoms with Crippen molar-refractivity contribution in [1.82, 2.24) is 19.5 Å². The summed E-state index contributed by atoms with van der Waals surface area (Å²) in [5.41, 5.74) is 17.7. The summed E-state index contributed by atoms with van der Waals surface area (Å²) < 4.78 is 1.94. The standard InChI is InChI=1S/C25H22N6O2/c26-14-15-6-8-18(9-7-15)31-23(19-5-2-12-28-22(19)27)30-21-11-10-20(29-24(21)31)16-3-1-4-17(13-16)25(32)33/h1-13,25,32-33H,14,26H2,(H2,27,28). The summed E-state index contributed by atoms with van der Waals surface area (Å²) in [6.45, 7) is 0.447. The van der Waals surface area contributed by atoms with Crippen LogP contribution in [-0.2, 0) is 6.54 Å². The fraction of sp³-hybridized carbons (Fsp3) is 0.0800. The lowest BCUT2D eigenvalue weighted by Gasteiger charge is -2.11. The van der Waals surface area contributed by atoms with Gasteiger partial charge in [0.15, 0.2) is 17.8 Å². The molecule has 6 N–H and O–H groups in total. The molecule has 3 aromatic heterocycles. The molecule has 0 aliphatic heterocycles. The van der Waals surface area contributed by atoms with Gasteiger partial charge in [0, 0.05) is 29.6 Å². The minimum atomic E-state index is -1.56. The quantitative estimate of drug-likeness (QED) is 0.309. The molecular weight excluding hydrogens is 416 g/mol. The lowest BCUT2D eigenvalue weighted by Crippen LogP contribution is -2.03. The number of nitrogens with two attached hydrogens (primary N) is 2. The minimum Gasteiger partial charge on any atom is -0.383 e. The Kier molecular flexibility index (Phi) is 5.31. The first kappa shape index (κ1) is 20.8. The van der Waals surface area contributed by atoms with Gasteiger partial charge in [-0.3, -0.25) is 4.57 Å². The van der Waals surface area contributed by atoms with Crippen LogP contribution in [0.5, 0.6) is 0 Å². The van der Waals surface area contributed by atoms with Gasteiger partial charge in [0.1, 0.15) is 11.3 Å². The number of anilines is 1. The molecule has 2 aromatic carbocycles. The zero-order valence-electron chi connectivity index (χ0n) is 17.6. The van der Waals surface area contributed by atoms with Crippen LogP contribution in [0.2, 0.25) is 0 Å². The lowest BCUT2D eigenvalue weighted by atomic mass is 10.1. The van der Waals surface area contributed by atoms with E-state index in [0.717, 1.165) is 16.8 Å². The van der Waals surface area contributed by atoms with E-state index in [-0.39, 0.29) is 0 Å². The Morgan fingerprint density at radius 2 is 1.73 bits per heavy atom. The molecule has 3 heterocycles. The van der Waals surface area contributed by atoms with Gasteiger partial charge >= 0.3 is 0 Å². The zero-order valence-corrected chi connectivity index (χ0v) is 17.6. The molecule has 0 bridgehead atoms. The molecule has 8 heteroatoms. The maximum Gasteiger partial charge on any atom is 0.178 e. The van der Waals surface area contributed by atoms with Gasteiger partial charge in [0.05, 0.1) is 11.3 Å². The van der Waals surface area contributed by atoms with E-state index >= 15 is 0 Å². The normalized spacial score (nSPS) is 11.4. The number of aliphatic hydroxyl groups is 2. The van der Waals surface area contributed by atoms with E-state index < -0.39 is 6.29 Å². The number of benzene rings is 2. The van der Waals surface area contributed by atoms with Gasteiger partial charge < -0.3 is 21.7 Å². The molecule has 164 valence electrons. The number of aromatic nitrogens is 4. The highest BCUT2D eigenvalue weighted by Gasteiger charge is 2.19. The first-order chi connectivity index (χ1) is 16.0. The van der Waals surface area contributed by atoms with E-state index in [1.807, 2.05) is 59.2 Å². The molecule has 0 amide bonds. The highest BCUT2D eigenvalue weighted by molar-refractivity contribution is 5.84. The van der Waals surface area contributed by atoms with Gasteiger partial charge in [-0.1, -0.05) is 30.3 Å². The van der Waals surface area contributed by atoms with Crippen molar-refractivity contribution in [2.45, 2.75) is 12.8 Å². The van der Waals surface area contributed by atoms with Crippen LogP contribution in [0, 0.1) is 0 Å². The highest BCUT2D eigenvalue weighted by atomic mass is 16.5. The third kappa shape index (κ3) is 3.83. The molecular formula is C25H22N6O2. The molecule has 0 aliphatic carbocycles. The van der Waals surface area contributed by atoms with Crippen molar-refractivity contribution in [3.05, 3.63) is 90.1 Å². The molecule has 0 saturated carbocycles. The van der Waals surface area contributed by atoms with Crippen molar-refractivity contribution in [2.75, 3.05) is 5.73 Å². The van der Waals surface area contributed by atoms with Crippen molar-refractivity contribution in [3.8, 4) is 28.3 Å². The van der Waals surface area contributed by atoms with E-state index in [4.69, 9.17) is 21.4 Å². The topological polar surface area (TPSA) is 136 Å². The van der Waals surface area contributed by atoms with Crippen LogP contribution in [0.25, 0.3) is 39.5 Å². The summed E-state index contributed by atoms with van der Waals surface area (Å²) in [7, 11) is 0. The smallest absolute Gasteiger partial charge is 0.178 e. The number of rotatable bonds is 5. The maximum atomic E-state index is 9.55. The van der Waals surface area contributed by atoms with E-state index in [2.05, 4.69) is 4.98 Å². The molecule has 5 rings (SSSR count). The van der Waals surface area contributed by atoms with Crippen LogP contribution < -0.4 is 11.5 Å². The second kappa shape index (κ2) is 8.44. The van der Waals surface area contributed by atoms with Crippen LogP contribution in [0.3, 0.4) is 0 Å². The SMILES string of the molecule is NCc1ccc(-n2c(-c3cccnc3N)nc3ccc(-c4cccc(C(O)O)c4)nc32)cc1. The Morgan fingerprint density at radius 1 is 0.909 bits per heavy atom. The van der Waals surface area contributed by atoms with E-state index in [9.17, 15) is 10.2 Å². The summed E-state index contributed by atoms with van der Waals surface area (Å²) in [5.74, 6) is 0.998. The summed E-state index contributed by atoms with van der Waals surface area (Å²) in [4.78, 5) is 13.9. The van der Waals surface area contributed by atoms with Crippen LogP contribution in [-0.4, -0.2) is 29.7 Å². The second-order valence-electron chi connectivity index (χ2n) is 7.62. The average Bonchev–Trinajstić information content (AvgIpc) is 3.23.